The van der Waals surface area contributed by atoms with Gasteiger partial charge in [-0.05, 0) is 6.42 Å². The highest BCUT2D eigenvalue weighted by Crippen LogP contribution is 2.06. The van der Waals surface area contributed by atoms with Gasteiger partial charge in [0, 0.05) is 26.1 Å². The largest absolute Gasteiger partial charge is 0.373 e. The summed E-state index contributed by atoms with van der Waals surface area (Å²) in [5.41, 5.74) is 5.49. The lowest BCUT2D eigenvalue weighted by molar-refractivity contribution is -0.138. The van der Waals surface area contributed by atoms with Crippen molar-refractivity contribution < 1.29 is 9.53 Å². The van der Waals surface area contributed by atoms with Crippen molar-refractivity contribution in [2.45, 2.75) is 18.9 Å². The number of morpholine rings is 1. The molecule has 0 aromatic rings. The van der Waals surface area contributed by atoms with Gasteiger partial charge in [-0.3, -0.25) is 4.79 Å². The normalized spacial score (nSPS) is 22.1. The van der Waals surface area contributed by atoms with E-state index in [1.807, 2.05) is 4.90 Å². The van der Waals surface area contributed by atoms with Gasteiger partial charge in [-0.15, -0.1) is 6.58 Å². The fourth-order valence-electron chi connectivity index (χ4n) is 1.47. The molecule has 1 saturated heterocycles. The molecule has 4 heteroatoms. The molecule has 1 aliphatic heterocycles. The Morgan fingerprint density at radius 2 is 2.50 bits per heavy atom. The van der Waals surface area contributed by atoms with Crippen LogP contribution in [0.5, 0.6) is 0 Å². The minimum Gasteiger partial charge on any atom is -0.373 e. The van der Waals surface area contributed by atoms with Crippen molar-refractivity contribution in [3.63, 3.8) is 0 Å². The van der Waals surface area contributed by atoms with Crippen LogP contribution in [0.25, 0.3) is 0 Å². The number of allylic oxidation sites excluding steroid dienone is 1. The van der Waals surface area contributed by atoms with Crippen LogP contribution in [0.4, 0.5) is 0 Å². The monoisotopic (exact) mass is 198 g/mol. The van der Waals surface area contributed by atoms with Crippen LogP contribution < -0.4 is 5.73 Å². The molecule has 0 bridgehead atoms. The molecule has 14 heavy (non-hydrogen) atoms. The third kappa shape index (κ3) is 3.12. The molecule has 1 unspecified atom stereocenters. The zero-order valence-corrected chi connectivity index (χ0v) is 8.45. The molecule has 0 aromatic carbocycles. The third-order valence-electron chi connectivity index (χ3n) is 2.32. The first-order chi connectivity index (χ1) is 6.77. The quantitative estimate of drug-likeness (QED) is 0.654. The zero-order valence-electron chi connectivity index (χ0n) is 8.45. The van der Waals surface area contributed by atoms with Crippen LogP contribution in [-0.4, -0.2) is 43.2 Å². The molecule has 1 heterocycles. The van der Waals surface area contributed by atoms with Gasteiger partial charge in [0.2, 0.25) is 5.91 Å². The first-order valence-corrected chi connectivity index (χ1v) is 4.98. The van der Waals surface area contributed by atoms with E-state index in [2.05, 4.69) is 6.58 Å². The van der Waals surface area contributed by atoms with Crippen molar-refractivity contribution in [1.29, 1.82) is 0 Å². The lowest BCUT2D eigenvalue weighted by Gasteiger charge is -2.32. The average Bonchev–Trinajstić information content (AvgIpc) is 2.26. The van der Waals surface area contributed by atoms with Gasteiger partial charge in [-0.25, -0.2) is 0 Å². The SMILES string of the molecule is C=CCCC(=O)N1CCOC(CN)C1. The summed E-state index contributed by atoms with van der Waals surface area (Å²) in [6, 6.07) is 0. The first kappa shape index (κ1) is 11.2. The summed E-state index contributed by atoms with van der Waals surface area (Å²) in [7, 11) is 0. The molecule has 1 fully saturated rings. The highest BCUT2D eigenvalue weighted by molar-refractivity contribution is 5.76. The lowest BCUT2D eigenvalue weighted by atomic mass is 10.2. The van der Waals surface area contributed by atoms with Gasteiger partial charge in [0.1, 0.15) is 0 Å². The van der Waals surface area contributed by atoms with E-state index in [0.717, 1.165) is 6.42 Å². The fourth-order valence-corrected chi connectivity index (χ4v) is 1.47. The predicted molar refractivity (Wildman–Crippen MR) is 54.8 cm³/mol. The smallest absolute Gasteiger partial charge is 0.223 e. The maximum atomic E-state index is 11.6. The average molecular weight is 198 g/mol. The number of rotatable bonds is 4. The Kier molecular flexibility index (Phi) is 4.62. The number of carbonyl (C=O) groups excluding carboxylic acids is 1. The summed E-state index contributed by atoms with van der Waals surface area (Å²) in [5, 5.41) is 0. The van der Waals surface area contributed by atoms with Crippen molar-refractivity contribution in [1.82, 2.24) is 4.90 Å². The summed E-state index contributed by atoms with van der Waals surface area (Å²) >= 11 is 0. The standard InChI is InChI=1S/C10H18N2O2/c1-2-3-4-10(13)12-5-6-14-9(7-11)8-12/h2,9H,1,3-8,11H2. The Labute approximate surface area is 84.7 Å². The van der Waals surface area contributed by atoms with Gasteiger partial charge in [0.05, 0.1) is 12.7 Å². The number of amides is 1. The van der Waals surface area contributed by atoms with Crippen LogP contribution in [0, 0.1) is 0 Å². The molecule has 0 saturated carbocycles. The van der Waals surface area contributed by atoms with E-state index in [0.29, 0.717) is 32.7 Å². The van der Waals surface area contributed by atoms with Gasteiger partial charge < -0.3 is 15.4 Å². The highest BCUT2D eigenvalue weighted by Gasteiger charge is 2.22. The summed E-state index contributed by atoms with van der Waals surface area (Å²) in [6.07, 6.45) is 3.06. The van der Waals surface area contributed by atoms with Crippen LogP contribution in [0.3, 0.4) is 0 Å². The van der Waals surface area contributed by atoms with Crippen LogP contribution in [0.1, 0.15) is 12.8 Å². The number of carbonyl (C=O) groups is 1. The van der Waals surface area contributed by atoms with E-state index in [9.17, 15) is 4.79 Å². The predicted octanol–water partition coefficient (Wildman–Crippen LogP) is 0.139. The van der Waals surface area contributed by atoms with Crippen LogP contribution in [0.15, 0.2) is 12.7 Å². The van der Waals surface area contributed by atoms with E-state index in [4.69, 9.17) is 10.5 Å². The number of ether oxygens (including phenoxy) is 1. The van der Waals surface area contributed by atoms with E-state index < -0.39 is 0 Å². The minimum atomic E-state index is 0.0106. The van der Waals surface area contributed by atoms with Crippen molar-refractivity contribution >= 4 is 5.91 Å². The molecular formula is C10H18N2O2. The van der Waals surface area contributed by atoms with Crippen LogP contribution >= 0.6 is 0 Å². The van der Waals surface area contributed by atoms with Gasteiger partial charge in [0.25, 0.3) is 0 Å². The summed E-state index contributed by atoms with van der Waals surface area (Å²) in [5.74, 6) is 0.173. The number of hydrogen-bond donors (Lipinski definition) is 1. The minimum absolute atomic E-state index is 0.0106. The van der Waals surface area contributed by atoms with E-state index in [1.54, 1.807) is 6.08 Å². The lowest BCUT2D eigenvalue weighted by Crippen LogP contribution is -2.48. The van der Waals surface area contributed by atoms with E-state index >= 15 is 0 Å². The van der Waals surface area contributed by atoms with Gasteiger partial charge >= 0.3 is 0 Å². The Morgan fingerprint density at radius 1 is 1.71 bits per heavy atom. The highest BCUT2D eigenvalue weighted by atomic mass is 16.5. The maximum Gasteiger partial charge on any atom is 0.223 e. The molecule has 1 rings (SSSR count). The zero-order chi connectivity index (χ0) is 10.4. The third-order valence-corrected chi connectivity index (χ3v) is 2.32. The Balaban J connectivity index is 2.35. The maximum absolute atomic E-state index is 11.6. The molecule has 0 spiro atoms. The second-order valence-corrected chi connectivity index (χ2v) is 3.40. The summed E-state index contributed by atoms with van der Waals surface area (Å²) < 4.78 is 5.37. The van der Waals surface area contributed by atoms with Crippen LogP contribution in [-0.2, 0) is 9.53 Å². The van der Waals surface area contributed by atoms with Gasteiger partial charge in [0.15, 0.2) is 0 Å². The number of hydrogen-bond acceptors (Lipinski definition) is 3. The molecular weight excluding hydrogens is 180 g/mol. The van der Waals surface area contributed by atoms with Crippen molar-refractivity contribution in [2.24, 2.45) is 5.73 Å². The van der Waals surface area contributed by atoms with Crippen molar-refractivity contribution in [3.05, 3.63) is 12.7 Å². The van der Waals surface area contributed by atoms with Crippen molar-refractivity contribution in [2.75, 3.05) is 26.2 Å². The second kappa shape index (κ2) is 5.78. The molecule has 0 aliphatic carbocycles. The van der Waals surface area contributed by atoms with E-state index in [-0.39, 0.29) is 12.0 Å². The van der Waals surface area contributed by atoms with E-state index in [1.165, 1.54) is 0 Å². The second-order valence-electron chi connectivity index (χ2n) is 3.40. The molecule has 4 nitrogen and oxygen atoms in total. The Hall–Kier alpha value is -0.870. The Bertz CT molecular complexity index is 206. The van der Waals surface area contributed by atoms with Crippen LogP contribution in [0.2, 0.25) is 0 Å². The molecule has 0 radical (unpaired) electrons. The Morgan fingerprint density at radius 3 is 3.14 bits per heavy atom. The molecule has 1 atom stereocenters. The molecule has 0 aromatic heterocycles. The summed E-state index contributed by atoms with van der Waals surface area (Å²) in [4.78, 5) is 13.4. The topological polar surface area (TPSA) is 55.6 Å². The number of nitrogens with zero attached hydrogens (tertiary/aromatic N) is 1. The fraction of sp³-hybridized carbons (Fsp3) is 0.700. The number of nitrogens with two attached hydrogens (primary N) is 1. The summed E-state index contributed by atoms with van der Waals surface area (Å²) in [6.45, 7) is 5.99. The molecule has 1 amide bonds. The van der Waals surface area contributed by atoms with Crippen molar-refractivity contribution in [3.8, 4) is 0 Å². The molecule has 1 aliphatic rings. The molecule has 2 N–H and O–H groups in total. The first-order valence-electron chi connectivity index (χ1n) is 4.98. The molecule has 80 valence electrons. The van der Waals surface area contributed by atoms with Gasteiger partial charge in [-0.2, -0.15) is 0 Å². The van der Waals surface area contributed by atoms with Gasteiger partial charge in [-0.1, -0.05) is 6.08 Å².